The average molecular weight is 311 g/mol. The minimum atomic E-state index is -0.907. The fourth-order valence-electron chi connectivity index (χ4n) is 2.41. The summed E-state index contributed by atoms with van der Waals surface area (Å²) in [7, 11) is 1.56. The van der Waals surface area contributed by atoms with Crippen LogP contribution in [0.2, 0.25) is 5.02 Å². The summed E-state index contributed by atoms with van der Waals surface area (Å²) in [5.74, 6) is 0.348. The number of hydrogen-bond acceptors (Lipinski definition) is 3. The van der Waals surface area contributed by atoms with E-state index in [2.05, 4.69) is 5.32 Å². The number of ether oxygens (including phenoxy) is 1. The van der Waals surface area contributed by atoms with Crippen LogP contribution in [0.5, 0.6) is 5.75 Å². The molecule has 1 saturated heterocycles. The van der Waals surface area contributed by atoms with E-state index >= 15 is 0 Å². The fraction of sp³-hybridized carbons (Fsp3) is 0.467. The topological polar surface area (TPSA) is 58.6 Å². The zero-order valence-corrected chi connectivity index (χ0v) is 13.3. The third kappa shape index (κ3) is 2.97. The van der Waals surface area contributed by atoms with Crippen molar-refractivity contribution in [3.8, 4) is 5.75 Å². The van der Waals surface area contributed by atoms with Crippen LogP contribution in [0.4, 0.5) is 0 Å². The molecule has 0 aromatic heterocycles. The van der Waals surface area contributed by atoms with Gasteiger partial charge < -0.3 is 15.0 Å². The van der Waals surface area contributed by atoms with Gasteiger partial charge in [0.25, 0.3) is 0 Å². The highest BCUT2D eigenvalue weighted by atomic mass is 35.5. The molecule has 1 fully saturated rings. The van der Waals surface area contributed by atoms with Gasteiger partial charge >= 0.3 is 0 Å². The lowest BCUT2D eigenvalue weighted by Gasteiger charge is -2.41. The Hall–Kier alpha value is -1.75. The van der Waals surface area contributed by atoms with Crippen LogP contribution in [0.3, 0.4) is 0 Å². The highest BCUT2D eigenvalue weighted by Crippen LogP contribution is 2.27. The molecule has 1 unspecified atom stereocenters. The van der Waals surface area contributed by atoms with Crippen LogP contribution in [0, 0.1) is 0 Å². The molecule has 21 heavy (non-hydrogen) atoms. The van der Waals surface area contributed by atoms with Crippen molar-refractivity contribution in [1.29, 1.82) is 0 Å². The van der Waals surface area contributed by atoms with Crippen LogP contribution in [0.25, 0.3) is 0 Å². The monoisotopic (exact) mass is 310 g/mol. The quantitative estimate of drug-likeness (QED) is 0.928. The first-order valence-electron chi connectivity index (χ1n) is 6.72. The van der Waals surface area contributed by atoms with Crippen molar-refractivity contribution in [2.24, 2.45) is 0 Å². The molecule has 2 rings (SSSR count). The van der Waals surface area contributed by atoms with Gasteiger partial charge in [-0.3, -0.25) is 9.59 Å². The maximum Gasteiger partial charge on any atom is 0.248 e. The molecule has 0 saturated carbocycles. The second-order valence-electron chi connectivity index (χ2n) is 5.68. The molecule has 1 atom stereocenters. The Bertz CT molecular complexity index is 586. The molecule has 1 heterocycles. The van der Waals surface area contributed by atoms with Crippen LogP contribution in [-0.4, -0.2) is 35.4 Å². The Labute approximate surface area is 129 Å². The number of methoxy groups -OCH3 is 1. The Kier molecular flexibility index (Phi) is 4.14. The standard InChI is InChI=1S/C15H19ClN2O3/c1-9-13(19)17-15(2,3)14(20)18(9)8-10-7-11(16)5-6-12(10)21-4/h5-7,9H,8H2,1-4H3,(H,17,19). The number of carbonyl (C=O) groups is 2. The summed E-state index contributed by atoms with van der Waals surface area (Å²) in [6.45, 7) is 5.38. The van der Waals surface area contributed by atoms with Gasteiger partial charge in [-0.05, 0) is 39.0 Å². The van der Waals surface area contributed by atoms with E-state index in [1.165, 1.54) is 0 Å². The Balaban J connectivity index is 2.34. The van der Waals surface area contributed by atoms with E-state index in [-0.39, 0.29) is 18.4 Å². The van der Waals surface area contributed by atoms with Gasteiger partial charge in [0.2, 0.25) is 11.8 Å². The highest BCUT2D eigenvalue weighted by molar-refractivity contribution is 6.30. The Morgan fingerprint density at radius 3 is 2.67 bits per heavy atom. The summed E-state index contributed by atoms with van der Waals surface area (Å²) < 4.78 is 5.29. The number of hydrogen-bond donors (Lipinski definition) is 1. The summed E-state index contributed by atoms with van der Waals surface area (Å²) in [6.07, 6.45) is 0. The van der Waals surface area contributed by atoms with E-state index in [0.29, 0.717) is 10.8 Å². The average Bonchev–Trinajstić information content (AvgIpc) is 2.41. The third-order valence-electron chi connectivity index (χ3n) is 3.66. The minimum absolute atomic E-state index is 0.128. The van der Waals surface area contributed by atoms with Gasteiger partial charge in [-0.1, -0.05) is 11.6 Å². The molecule has 0 bridgehead atoms. The number of rotatable bonds is 3. The molecular formula is C15H19ClN2O3. The minimum Gasteiger partial charge on any atom is -0.496 e. The second kappa shape index (κ2) is 5.56. The van der Waals surface area contributed by atoms with Crippen molar-refractivity contribution in [2.45, 2.75) is 38.9 Å². The summed E-state index contributed by atoms with van der Waals surface area (Å²) >= 11 is 6.01. The zero-order chi connectivity index (χ0) is 15.8. The third-order valence-corrected chi connectivity index (χ3v) is 3.90. The van der Waals surface area contributed by atoms with E-state index in [1.807, 2.05) is 0 Å². The number of carbonyl (C=O) groups excluding carboxylic acids is 2. The van der Waals surface area contributed by atoms with Gasteiger partial charge in [0.1, 0.15) is 17.3 Å². The molecule has 0 spiro atoms. The molecule has 6 heteroatoms. The SMILES string of the molecule is COc1ccc(Cl)cc1CN1C(=O)C(C)(C)NC(=O)C1C. The second-order valence-corrected chi connectivity index (χ2v) is 6.12. The fourth-order valence-corrected chi connectivity index (χ4v) is 2.60. The first-order valence-corrected chi connectivity index (χ1v) is 7.09. The lowest BCUT2D eigenvalue weighted by molar-refractivity contribution is -0.153. The van der Waals surface area contributed by atoms with Crippen LogP contribution in [0.15, 0.2) is 18.2 Å². The largest absolute Gasteiger partial charge is 0.496 e. The molecule has 1 aliphatic heterocycles. The molecule has 1 aliphatic rings. The number of amides is 2. The zero-order valence-electron chi connectivity index (χ0n) is 12.6. The van der Waals surface area contributed by atoms with E-state index in [9.17, 15) is 9.59 Å². The van der Waals surface area contributed by atoms with Gasteiger partial charge in [-0.2, -0.15) is 0 Å². The smallest absolute Gasteiger partial charge is 0.248 e. The number of nitrogens with zero attached hydrogens (tertiary/aromatic N) is 1. The van der Waals surface area contributed by atoms with E-state index in [4.69, 9.17) is 16.3 Å². The van der Waals surface area contributed by atoms with Crippen molar-refractivity contribution in [2.75, 3.05) is 7.11 Å². The molecule has 1 aromatic rings. The molecule has 0 radical (unpaired) electrons. The maximum absolute atomic E-state index is 12.5. The molecule has 1 N–H and O–H groups in total. The van der Waals surface area contributed by atoms with Crippen molar-refractivity contribution in [1.82, 2.24) is 10.2 Å². The van der Waals surface area contributed by atoms with Crippen LogP contribution in [-0.2, 0) is 16.1 Å². The Morgan fingerprint density at radius 2 is 2.05 bits per heavy atom. The van der Waals surface area contributed by atoms with Gasteiger partial charge in [0.15, 0.2) is 0 Å². The van der Waals surface area contributed by atoms with E-state index in [1.54, 1.807) is 51.0 Å². The normalized spacial score (nSPS) is 21.2. The number of benzene rings is 1. The lowest BCUT2D eigenvalue weighted by atomic mass is 9.96. The predicted octanol–water partition coefficient (Wildman–Crippen LogP) is 1.97. The van der Waals surface area contributed by atoms with Gasteiger partial charge in [-0.15, -0.1) is 0 Å². The molecule has 0 aliphatic carbocycles. The molecule has 2 amide bonds. The molecule has 114 valence electrons. The summed E-state index contributed by atoms with van der Waals surface area (Å²) in [4.78, 5) is 26.1. The first-order chi connectivity index (χ1) is 9.76. The first kappa shape index (κ1) is 15.6. The van der Waals surface area contributed by atoms with Crippen molar-refractivity contribution in [3.63, 3.8) is 0 Å². The van der Waals surface area contributed by atoms with Crippen molar-refractivity contribution < 1.29 is 14.3 Å². The van der Waals surface area contributed by atoms with Gasteiger partial charge in [0, 0.05) is 10.6 Å². The van der Waals surface area contributed by atoms with Gasteiger partial charge in [0.05, 0.1) is 13.7 Å². The van der Waals surface area contributed by atoms with Crippen LogP contribution in [0.1, 0.15) is 26.3 Å². The lowest BCUT2D eigenvalue weighted by Crippen LogP contribution is -2.66. The number of halogens is 1. The van der Waals surface area contributed by atoms with Crippen LogP contribution >= 0.6 is 11.6 Å². The predicted molar refractivity (Wildman–Crippen MR) is 80.2 cm³/mol. The molecular weight excluding hydrogens is 292 g/mol. The van der Waals surface area contributed by atoms with E-state index < -0.39 is 11.6 Å². The summed E-state index contributed by atoms with van der Waals surface area (Å²) in [5, 5.41) is 3.29. The molecule has 5 nitrogen and oxygen atoms in total. The van der Waals surface area contributed by atoms with E-state index in [0.717, 1.165) is 5.56 Å². The van der Waals surface area contributed by atoms with Crippen molar-refractivity contribution in [3.05, 3.63) is 28.8 Å². The summed E-state index contributed by atoms with van der Waals surface area (Å²) in [6, 6.07) is 4.69. The molecule has 1 aromatic carbocycles. The van der Waals surface area contributed by atoms with Gasteiger partial charge in [-0.25, -0.2) is 0 Å². The number of nitrogens with one attached hydrogen (secondary N) is 1. The summed E-state index contributed by atoms with van der Waals surface area (Å²) in [5.41, 5.74) is -0.134. The van der Waals surface area contributed by atoms with Crippen LogP contribution < -0.4 is 10.1 Å². The Morgan fingerprint density at radius 1 is 1.38 bits per heavy atom. The maximum atomic E-state index is 12.5. The highest BCUT2D eigenvalue weighted by Gasteiger charge is 2.43. The number of piperazine rings is 1. The van der Waals surface area contributed by atoms with Crippen molar-refractivity contribution >= 4 is 23.4 Å².